The number of carbonyl (C=O) groups excluding carboxylic acids is 1. The number of hydrogen-bond acceptors (Lipinski definition) is 3. The van der Waals surface area contributed by atoms with Gasteiger partial charge in [-0.15, -0.1) is 0 Å². The van der Waals surface area contributed by atoms with E-state index in [2.05, 4.69) is 0 Å². The van der Waals surface area contributed by atoms with Crippen molar-refractivity contribution in [2.24, 2.45) is 17.1 Å². The average molecular weight is 230 g/mol. The molecule has 0 saturated carbocycles. The zero-order valence-corrected chi connectivity index (χ0v) is 10.0. The lowest BCUT2D eigenvalue weighted by Crippen LogP contribution is -2.46. The highest BCUT2D eigenvalue weighted by Crippen LogP contribution is 2.24. The number of carbonyl (C=O) groups is 1. The molecule has 1 rings (SSSR count). The molecule has 0 aromatic carbocycles. The Labute approximate surface area is 95.4 Å². The molecule has 1 atom stereocenters. The van der Waals surface area contributed by atoms with Crippen LogP contribution in [0.4, 0.5) is 0 Å². The Kier molecular flexibility index (Phi) is 3.67. The first-order valence-electron chi connectivity index (χ1n) is 5.09. The molecule has 0 aliphatic carbocycles. The maximum absolute atomic E-state index is 12.0. The van der Waals surface area contributed by atoms with Crippen LogP contribution in [0.3, 0.4) is 0 Å². The van der Waals surface area contributed by atoms with Gasteiger partial charge in [-0.3, -0.25) is 4.79 Å². The molecule has 1 aliphatic heterocycles. The second-order valence-corrected chi connectivity index (χ2v) is 5.02. The molecule has 1 fully saturated rings. The summed E-state index contributed by atoms with van der Waals surface area (Å²) in [6, 6.07) is 0. The standard InChI is InChI=1S/C10H18N2O2S/c1-10(2,8(11)15)9(14)12-4-3-7(5-12)6-13/h7,13H,3-6H2,1-2H3,(H2,11,15). The molecule has 1 unspecified atom stereocenters. The van der Waals surface area contributed by atoms with Gasteiger partial charge in [0.2, 0.25) is 5.91 Å². The first-order valence-corrected chi connectivity index (χ1v) is 5.50. The average Bonchev–Trinajstić information content (AvgIpc) is 2.64. The monoisotopic (exact) mass is 230 g/mol. The van der Waals surface area contributed by atoms with E-state index in [9.17, 15) is 4.79 Å². The lowest BCUT2D eigenvalue weighted by Gasteiger charge is -2.28. The molecule has 5 heteroatoms. The van der Waals surface area contributed by atoms with Gasteiger partial charge in [-0.2, -0.15) is 0 Å². The van der Waals surface area contributed by atoms with Gasteiger partial charge in [0, 0.05) is 25.6 Å². The number of amides is 1. The van der Waals surface area contributed by atoms with Crippen molar-refractivity contribution in [3.05, 3.63) is 0 Å². The summed E-state index contributed by atoms with van der Waals surface area (Å²) in [7, 11) is 0. The van der Waals surface area contributed by atoms with E-state index in [1.54, 1.807) is 18.7 Å². The van der Waals surface area contributed by atoms with Crippen LogP contribution in [0.25, 0.3) is 0 Å². The largest absolute Gasteiger partial charge is 0.396 e. The smallest absolute Gasteiger partial charge is 0.235 e. The van der Waals surface area contributed by atoms with Gasteiger partial charge in [0.05, 0.1) is 10.4 Å². The summed E-state index contributed by atoms with van der Waals surface area (Å²) in [5.74, 6) is 0.169. The van der Waals surface area contributed by atoms with E-state index in [0.29, 0.717) is 13.1 Å². The maximum atomic E-state index is 12.0. The van der Waals surface area contributed by atoms with Crippen LogP contribution in [0.15, 0.2) is 0 Å². The topological polar surface area (TPSA) is 66.6 Å². The van der Waals surface area contributed by atoms with Crippen molar-refractivity contribution >= 4 is 23.1 Å². The highest BCUT2D eigenvalue weighted by molar-refractivity contribution is 7.80. The third-order valence-corrected chi connectivity index (χ3v) is 3.49. The molecule has 0 spiro atoms. The molecule has 3 N–H and O–H groups in total. The molecule has 0 bridgehead atoms. The van der Waals surface area contributed by atoms with Crippen LogP contribution in [0.2, 0.25) is 0 Å². The zero-order chi connectivity index (χ0) is 11.6. The summed E-state index contributed by atoms with van der Waals surface area (Å²) in [4.78, 5) is 14.0. The van der Waals surface area contributed by atoms with Crippen molar-refractivity contribution < 1.29 is 9.90 Å². The van der Waals surface area contributed by atoms with Crippen LogP contribution in [0.1, 0.15) is 20.3 Å². The lowest BCUT2D eigenvalue weighted by atomic mass is 9.92. The molecule has 86 valence electrons. The summed E-state index contributed by atoms with van der Waals surface area (Å²) in [5, 5.41) is 8.99. The van der Waals surface area contributed by atoms with Crippen LogP contribution >= 0.6 is 12.2 Å². The predicted octanol–water partition coefficient (Wildman–Crippen LogP) is 0.140. The van der Waals surface area contributed by atoms with Crippen molar-refractivity contribution in [2.75, 3.05) is 19.7 Å². The maximum Gasteiger partial charge on any atom is 0.235 e. The summed E-state index contributed by atoms with van der Waals surface area (Å²) in [6.45, 7) is 4.92. The number of likely N-dealkylation sites (tertiary alicyclic amines) is 1. The minimum absolute atomic E-state index is 0.0362. The fraction of sp³-hybridized carbons (Fsp3) is 0.800. The van der Waals surface area contributed by atoms with Crippen LogP contribution in [-0.4, -0.2) is 40.6 Å². The summed E-state index contributed by atoms with van der Waals surface area (Å²) >= 11 is 4.88. The van der Waals surface area contributed by atoms with Gasteiger partial charge < -0.3 is 15.7 Å². The number of rotatable bonds is 3. The highest BCUT2D eigenvalue weighted by atomic mass is 32.1. The van der Waals surface area contributed by atoms with Crippen molar-refractivity contribution in [3.8, 4) is 0 Å². The van der Waals surface area contributed by atoms with Gasteiger partial charge in [0.1, 0.15) is 0 Å². The number of aliphatic hydroxyl groups is 1. The van der Waals surface area contributed by atoms with E-state index in [4.69, 9.17) is 23.1 Å². The van der Waals surface area contributed by atoms with E-state index in [1.807, 2.05) is 0 Å². The van der Waals surface area contributed by atoms with Crippen molar-refractivity contribution in [1.82, 2.24) is 4.90 Å². The first-order chi connectivity index (χ1) is 6.89. The van der Waals surface area contributed by atoms with Gasteiger partial charge in [0.25, 0.3) is 0 Å². The van der Waals surface area contributed by atoms with Gasteiger partial charge >= 0.3 is 0 Å². The van der Waals surface area contributed by atoms with Crippen LogP contribution < -0.4 is 5.73 Å². The normalized spacial score (nSPS) is 21.8. The van der Waals surface area contributed by atoms with E-state index in [1.165, 1.54) is 0 Å². The lowest BCUT2D eigenvalue weighted by molar-refractivity contribution is -0.136. The second-order valence-electron chi connectivity index (χ2n) is 4.58. The minimum atomic E-state index is -0.778. The number of hydrogen-bond donors (Lipinski definition) is 2. The molecule has 0 aromatic rings. The molecular weight excluding hydrogens is 212 g/mol. The molecule has 4 nitrogen and oxygen atoms in total. The Morgan fingerprint density at radius 1 is 1.67 bits per heavy atom. The molecule has 1 saturated heterocycles. The quantitative estimate of drug-likeness (QED) is 0.677. The number of nitrogens with zero attached hydrogens (tertiary/aromatic N) is 1. The Bertz CT molecular complexity index is 279. The second kappa shape index (κ2) is 4.45. The van der Waals surface area contributed by atoms with Crippen LogP contribution in [0.5, 0.6) is 0 Å². The van der Waals surface area contributed by atoms with E-state index in [-0.39, 0.29) is 23.4 Å². The summed E-state index contributed by atoms with van der Waals surface area (Å²) in [6.07, 6.45) is 0.857. The van der Waals surface area contributed by atoms with Gasteiger partial charge in [-0.1, -0.05) is 12.2 Å². The van der Waals surface area contributed by atoms with Crippen molar-refractivity contribution in [2.45, 2.75) is 20.3 Å². The highest BCUT2D eigenvalue weighted by Gasteiger charge is 2.37. The van der Waals surface area contributed by atoms with Crippen molar-refractivity contribution in [1.29, 1.82) is 0 Å². The van der Waals surface area contributed by atoms with E-state index in [0.717, 1.165) is 6.42 Å². The molecule has 0 aromatic heterocycles. The molecule has 1 heterocycles. The fourth-order valence-corrected chi connectivity index (χ4v) is 1.75. The third kappa shape index (κ3) is 2.46. The van der Waals surface area contributed by atoms with E-state index < -0.39 is 5.41 Å². The minimum Gasteiger partial charge on any atom is -0.396 e. The number of nitrogens with two attached hydrogens (primary N) is 1. The summed E-state index contributed by atoms with van der Waals surface area (Å²) < 4.78 is 0. The Hall–Kier alpha value is -0.680. The Balaban J connectivity index is 2.66. The fourth-order valence-electron chi connectivity index (χ4n) is 1.67. The van der Waals surface area contributed by atoms with Gasteiger partial charge in [-0.25, -0.2) is 0 Å². The van der Waals surface area contributed by atoms with Gasteiger partial charge in [-0.05, 0) is 20.3 Å². The SMILES string of the molecule is CC(C)(C(=O)N1CCC(CO)C1)C(N)=S. The molecular formula is C10H18N2O2S. The molecule has 1 aliphatic rings. The zero-order valence-electron chi connectivity index (χ0n) is 9.19. The Morgan fingerprint density at radius 3 is 2.67 bits per heavy atom. The molecule has 0 radical (unpaired) electrons. The Morgan fingerprint density at radius 2 is 2.27 bits per heavy atom. The third-order valence-electron chi connectivity index (χ3n) is 2.98. The summed E-state index contributed by atoms with van der Waals surface area (Å²) in [5.41, 5.74) is 4.76. The molecule has 15 heavy (non-hydrogen) atoms. The predicted molar refractivity (Wildman–Crippen MR) is 62.3 cm³/mol. The van der Waals surface area contributed by atoms with Gasteiger partial charge in [0.15, 0.2) is 0 Å². The van der Waals surface area contributed by atoms with Crippen LogP contribution in [0, 0.1) is 11.3 Å². The first kappa shape index (κ1) is 12.4. The number of aliphatic hydroxyl groups excluding tert-OH is 1. The number of thiocarbonyl (C=S) groups is 1. The van der Waals surface area contributed by atoms with E-state index >= 15 is 0 Å². The van der Waals surface area contributed by atoms with Crippen LogP contribution in [-0.2, 0) is 4.79 Å². The van der Waals surface area contributed by atoms with Crippen molar-refractivity contribution in [3.63, 3.8) is 0 Å². The molecule has 1 amide bonds.